The summed E-state index contributed by atoms with van der Waals surface area (Å²) in [4.78, 5) is 99.8. The van der Waals surface area contributed by atoms with Gasteiger partial charge in [-0.3, -0.25) is 43.0 Å². The Hall–Kier alpha value is -6.14. The quantitative estimate of drug-likeness (QED) is 0.0160. The number of benzene rings is 3. The van der Waals surface area contributed by atoms with Gasteiger partial charge in [-0.1, -0.05) is 18.2 Å². The monoisotopic (exact) mass is 1200 g/mol. The number of anilines is 2. The number of alkyl carbamates (subject to hydrolysis) is 1. The number of amides is 3. The number of aliphatic hydroxyl groups is 1. The first-order chi connectivity index (χ1) is 35.8. The van der Waals surface area contributed by atoms with Crippen LogP contribution >= 0.6 is 22.4 Å². The number of nitrogens with zero attached hydrogens (tertiary/aromatic N) is 4. The molecule has 4 aromatic rings. The Bertz CT molecular complexity index is 3820. The van der Waals surface area contributed by atoms with Crippen molar-refractivity contribution in [3.63, 3.8) is 0 Å². The molecule has 1 saturated heterocycles. The number of hydrogen-bond acceptors (Lipinski definition) is 23. The van der Waals surface area contributed by atoms with E-state index in [1.807, 2.05) is 0 Å². The molecule has 2 aliphatic heterocycles. The maximum Gasteiger partial charge on any atom is 0.488 e. The van der Waals surface area contributed by atoms with Gasteiger partial charge in [0.05, 0.1) is 24.0 Å². The molecule has 3 amide bonds. The number of fused-ring (bicyclic) bond motifs is 3. The molecule has 2 aromatic carbocycles. The minimum Gasteiger partial charge on any atom is -0.453 e. The van der Waals surface area contributed by atoms with Gasteiger partial charge in [-0.2, -0.15) is 26.1 Å². The second-order valence-electron chi connectivity index (χ2n) is 16.3. The summed E-state index contributed by atoms with van der Waals surface area (Å²) in [6.07, 6.45) is -7.52. The molecule has 4 heterocycles. The standard InChI is InChI=1S/C38H43N10O23P3S3/c1-47(35(52)18-6-3-2-5-17(18)25-19-8-10-21(39)31(76(60,61)62)28(19)68-29-20(25)9-11-22(40)32(29)77(63,64)65)14-4-7-24(49)42-12-13-43-38(53)69-30-23(15-66-72(54,55)70-73(56,57)71-74(58,59)75)67-36(27(30)50)48-16-44-26-33(48)45-37(41)46-34(26)51/h2-3,5-6,8-11,16,23,27,30,36,39,50H,4,7,12-15,40H2,1H3,(H,42,49)(H,43,53)(H,54,55)(H,56,57)(H2,58,59,75)(H,60,61,62)(H,63,64,65)(H3,41,45,46,51)/t23-,27-,30-,36-/m1/s1. The van der Waals surface area contributed by atoms with Crippen LogP contribution in [0.1, 0.15) is 29.4 Å². The van der Waals surface area contributed by atoms with Crippen LogP contribution in [0.15, 0.2) is 73.9 Å². The molecule has 0 spiro atoms. The fourth-order valence-corrected chi connectivity index (χ4v) is 13.2. The lowest BCUT2D eigenvalue weighted by Gasteiger charge is -2.22. The summed E-state index contributed by atoms with van der Waals surface area (Å²) in [7, 11) is -20.4. The summed E-state index contributed by atoms with van der Waals surface area (Å²) in [5, 5.41) is 23.5. The number of nitrogens with one attached hydrogen (secondary N) is 4. The summed E-state index contributed by atoms with van der Waals surface area (Å²) in [5.74, 6) is -2.28. The van der Waals surface area contributed by atoms with Crippen molar-refractivity contribution < 1.29 is 101 Å². The Kier molecular flexibility index (Phi) is 17.0. The maximum absolute atomic E-state index is 14.1. The molecule has 1 aliphatic carbocycles. The lowest BCUT2D eigenvalue weighted by atomic mass is 9.90. The van der Waals surface area contributed by atoms with E-state index in [9.17, 15) is 78.9 Å². The van der Waals surface area contributed by atoms with Gasteiger partial charge in [0.15, 0.2) is 44.6 Å². The molecular formula is C38H43N10O23P3S3. The minimum atomic E-state index is -5.76. The molecule has 416 valence electrons. The molecule has 77 heavy (non-hydrogen) atoms. The molecule has 0 bridgehead atoms. The first kappa shape index (κ1) is 58.5. The number of aliphatic hydroxyl groups excluding tert-OH is 1. The first-order valence-corrected chi connectivity index (χ1v) is 30.0. The molecule has 3 aliphatic rings. The Morgan fingerprint density at radius 3 is 2.30 bits per heavy atom. The van der Waals surface area contributed by atoms with E-state index in [-0.39, 0.29) is 77.2 Å². The van der Waals surface area contributed by atoms with E-state index in [2.05, 4.69) is 46.0 Å². The Morgan fingerprint density at radius 2 is 1.62 bits per heavy atom. The third-order valence-corrected chi connectivity index (χ3v) is 17.3. The summed E-state index contributed by atoms with van der Waals surface area (Å²) in [6, 6.07) is 10.6. The Balaban J connectivity index is 0.988. The molecule has 1 fully saturated rings. The van der Waals surface area contributed by atoms with Gasteiger partial charge in [-0.25, -0.2) is 23.2 Å². The van der Waals surface area contributed by atoms with Crippen LogP contribution in [0.4, 0.5) is 16.4 Å². The van der Waals surface area contributed by atoms with Gasteiger partial charge >= 0.3 is 28.5 Å². The third kappa shape index (κ3) is 13.4. The summed E-state index contributed by atoms with van der Waals surface area (Å²) < 4.78 is 126. The van der Waals surface area contributed by atoms with Crippen molar-refractivity contribution >= 4 is 106 Å². The van der Waals surface area contributed by atoms with Gasteiger partial charge in [0, 0.05) is 55.2 Å². The molecule has 2 aromatic heterocycles. The van der Waals surface area contributed by atoms with E-state index in [4.69, 9.17) is 35.3 Å². The lowest BCUT2D eigenvalue weighted by molar-refractivity contribution is -0.121. The lowest BCUT2D eigenvalue weighted by Crippen LogP contribution is -2.42. The van der Waals surface area contributed by atoms with Crippen molar-refractivity contribution in [2.45, 2.75) is 47.2 Å². The number of imidazole rings is 1. The zero-order chi connectivity index (χ0) is 56.7. The summed E-state index contributed by atoms with van der Waals surface area (Å²) in [5.41, 5.74) is 9.05. The zero-order valence-electron chi connectivity index (χ0n) is 38.9. The normalized spacial score (nSPS) is 18.7. The Labute approximate surface area is 436 Å². The van der Waals surface area contributed by atoms with E-state index in [1.54, 1.807) is 0 Å². The number of phosphoric ester groups is 1. The highest BCUT2D eigenvalue weighted by atomic mass is 32.5. The van der Waals surface area contributed by atoms with Crippen LogP contribution < -0.4 is 33.0 Å². The topological polar surface area (TPSA) is 521 Å². The number of nitrogens with two attached hydrogens (primary N) is 2. The maximum atomic E-state index is 14.1. The highest BCUT2D eigenvalue weighted by Gasteiger charge is 2.50. The van der Waals surface area contributed by atoms with Crippen LogP contribution in [0.2, 0.25) is 0 Å². The van der Waals surface area contributed by atoms with Crippen LogP contribution in [0, 0.1) is 5.41 Å². The molecule has 15 N–H and O–H groups in total. The Morgan fingerprint density at radius 1 is 0.948 bits per heavy atom. The van der Waals surface area contributed by atoms with Crippen molar-refractivity contribution in [1.82, 2.24) is 35.1 Å². The van der Waals surface area contributed by atoms with Crippen LogP contribution in [0.25, 0.3) is 44.6 Å². The predicted octanol–water partition coefficient (Wildman–Crippen LogP) is 0.256. The predicted molar refractivity (Wildman–Crippen MR) is 265 cm³/mol. The smallest absolute Gasteiger partial charge is 0.453 e. The SMILES string of the molecule is CN(CCCC(=O)NCCNC(=O)O[C@H]1[C@@H](O)[C@H](n2cnc3c(=O)[nH]c(N)nc32)O[C@@H]1COP(=O)(O)OP(=O)(O)OP(O)(O)=S)C(=O)c1ccccc1-c1c2ccc(=N)c(S(=O)(=O)O)c-2oc2c(S(=O)(=O)O)c(N)ccc12. The molecule has 0 radical (unpaired) electrons. The molecular weight excluding hydrogens is 1150 g/mol. The van der Waals surface area contributed by atoms with Gasteiger partial charge in [0.1, 0.15) is 12.2 Å². The fourth-order valence-electron chi connectivity index (χ4n) is 7.92. The number of aromatic nitrogens is 4. The van der Waals surface area contributed by atoms with Gasteiger partial charge in [0.2, 0.25) is 11.9 Å². The summed E-state index contributed by atoms with van der Waals surface area (Å²) >= 11 is 4.06. The fraction of sp³-hybridized carbons (Fsp3) is 0.289. The number of ether oxygens (including phenoxy) is 2. The average Bonchev–Trinajstić information content (AvgIpc) is 3.86. The molecule has 6 atom stereocenters. The van der Waals surface area contributed by atoms with Crippen LogP contribution in [0.3, 0.4) is 0 Å². The number of carbonyl (C=O) groups is 3. The van der Waals surface area contributed by atoms with E-state index in [1.165, 1.54) is 48.3 Å². The first-order valence-electron chi connectivity index (χ1n) is 21.5. The van der Waals surface area contributed by atoms with Gasteiger partial charge in [-0.15, -0.1) is 0 Å². The zero-order valence-corrected chi connectivity index (χ0v) is 44.1. The van der Waals surface area contributed by atoms with E-state index < -0.39 is 129 Å². The average molecular weight is 1200 g/mol. The van der Waals surface area contributed by atoms with Gasteiger partial charge < -0.3 is 65.6 Å². The number of H-pyrrole nitrogens is 1. The van der Waals surface area contributed by atoms with Crippen molar-refractivity contribution in [2.75, 3.05) is 44.8 Å². The second kappa shape index (κ2) is 22.3. The number of hydrogen-bond donors (Lipinski definition) is 13. The van der Waals surface area contributed by atoms with Gasteiger partial charge in [0.25, 0.3) is 31.7 Å². The third-order valence-electron chi connectivity index (χ3n) is 11.0. The van der Waals surface area contributed by atoms with Crippen molar-refractivity contribution in [3.8, 4) is 22.5 Å². The van der Waals surface area contributed by atoms with E-state index >= 15 is 0 Å². The number of nitrogen functional groups attached to an aromatic ring is 2. The van der Waals surface area contributed by atoms with E-state index in [0.717, 1.165) is 23.0 Å². The molecule has 2 unspecified atom stereocenters. The number of rotatable bonds is 20. The summed E-state index contributed by atoms with van der Waals surface area (Å²) in [6.45, 7) is -6.67. The second-order valence-corrected chi connectivity index (χ2v) is 24.9. The number of aromatic amines is 1. The molecule has 7 rings (SSSR count). The van der Waals surface area contributed by atoms with Crippen LogP contribution in [-0.2, 0) is 68.6 Å². The number of phosphoric acid groups is 2. The largest absolute Gasteiger partial charge is 0.488 e. The number of carbonyl (C=O) groups excluding carboxylic acids is 3. The van der Waals surface area contributed by atoms with Gasteiger partial charge in [-0.05, 0) is 54.1 Å². The van der Waals surface area contributed by atoms with Crippen LogP contribution in [0.5, 0.6) is 0 Å². The molecule has 39 heteroatoms. The minimum absolute atomic E-state index is 0.00993. The highest BCUT2D eigenvalue weighted by Crippen LogP contribution is 2.66. The highest BCUT2D eigenvalue weighted by molar-refractivity contribution is 8.08. The van der Waals surface area contributed by atoms with Crippen molar-refractivity contribution in [3.05, 3.63) is 76.1 Å². The molecule has 0 saturated carbocycles. The van der Waals surface area contributed by atoms with Crippen molar-refractivity contribution in [2.24, 2.45) is 0 Å². The molecule has 33 nitrogen and oxygen atoms in total. The van der Waals surface area contributed by atoms with Crippen molar-refractivity contribution in [1.29, 1.82) is 5.41 Å². The van der Waals surface area contributed by atoms with E-state index in [0.29, 0.717) is 0 Å². The van der Waals surface area contributed by atoms with Crippen LogP contribution in [-0.4, -0.2) is 145 Å².